The molecule has 0 amide bonds. The van der Waals surface area contributed by atoms with E-state index in [4.69, 9.17) is 16.1 Å². The molecule has 0 bridgehead atoms. The van der Waals surface area contributed by atoms with Crippen LogP contribution in [0.4, 0.5) is 0 Å². The number of hydrogen-bond acceptors (Lipinski definition) is 4. The molecular formula is C11H12ClN3O. The van der Waals surface area contributed by atoms with Gasteiger partial charge >= 0.3 is 0 Å². The summed E-state index contributed by atoms with van der Waals surface area (Å²) in [5, 5.41) is 7.68. The molecule has 2 aromatic rings. The highest BCUT2D eigenvalue weighted by Gasteiger charge is 2.07. The Labute approximate surface area is 98.6 Å². The van der Waals surface area contributed by atoms with Crippen LogP contribution in [0.15, 0.2) is 28.8 Å². The van der Waals surface area contributed by atoms with E-state index in [0.29, 0.717) is 23.3 Å². The quantitative estimate of drug-likeness (QED) is 0.888. The molecule has 1 N–H and O–H groups in total. The maximum absolute atomic E-state index is 5.89. The van der Waals surface area contributed by atoms with E-state index in [1.165, 1.54) is 0 Å². The van der Waals surface area contributed by atoms with Gasteiger partial charge in [0, 0.05) is 10.6 Å². The van der Waals surface area contributed by atoms with Gasteiger partial charge in [-0.25, -0.2) is 0 Å². The molecule has 0 saturated heterocycles. The maximum Gasteiger partial charge on any atom is 0.240 e. The first-order valence-electron chi connectivity index (χ1n) is 5.09. The minimum absolute atomic E-state index is 0.565. The van der Waals surface area contributed by atoms with Gasteiger partial charge in [0.1, 0.15) is 0 Å². The van der Waals surface area contributed by atoms with Crippen molar-refractivity contribution in [1.82, 2.24) is 15.5 Å². The van der Waals surface area contributed by atoms with E-state index in [-0.39, 0.29) is 0 Å². The van der Waals surface area contributed by atoms with Gasteiger partial charge in [0.2, 0.25) is 11.7 Å². The molecule has 0 spiro atoms. The summed E-state index contributed by atoms with van der Waals surface area (Å²) in [4.78, 5) is 4.26. The average Bonchev–Trinajstić information content (AvgIpc) is 2.75. The van der Waals surface area contributed by atoms with Gasteiger partial charge in [-0.2, -0.15) is 4.98 Å². The van der Waals surface area contributed by atoms with Crippen molar-refractivity contribution in [3.63, 3.8) is 0 Å². The second-order valence-corrected chi connectivity index (χ2v) is 3.74. The number of aromatic nitrogens is 2. The van der Waals surface area contributed by atoms with Crippen LogP contribution in [0.25, 0.3) is 11.4 Å². The van der Waals surface area contributed by atoms with E-state index in [1.807, 2.05) is 31.2 Å². The lowest BCUT2D eigenvalue weighted by Crippen LogP contribution is -2.11. The summed E-state index contributed by atoms with van der Waals surface area (Å²) < 4.78 is 5.09. The van der Waals surface area contributed by atoms with Crippen molar-refractivity contribution in [3.05, 3.63) is 35.2 Å². The highest BCUT2D eigenvalue weighted by atomic mass is 35.5. The van der Waals surface area contributed by atoms with Gasteiger partial charge in [-0.05, 0) is 18.7 Å². The molecule has 0 aliphatic carbocycles. The van der Waals surface area contributed by atoms with Crippen molar-refractivity contribution in [2.45, 2.75) is 13.5 Å². The summed E-state index contributed by atoms with van der Waals surface area (Å²) >= 11 is 5.89. The fourth-order valence-electron chi connectivity index (χ4n) is 1.30. The van der Waals surface area contributed by atoms with Crippen LogP contribution in [0.1, 0.15) is 12.8 Å². The Hall–Kier alpha value is -1.39. The average molecular weight is 238 g/mol. The van der Waals surface area contributed by atoms with Crippen LogP contribution in [-0.4, -0.2) is 16.7 Å². The van der Waals surface area contributed by atoms with E-state index < -0.39 is 0 Å². The lowest BCUT2D eigenvalue weighted by atomic mass is 10.2. The van der Waals surface area contributed by atoms with E-state index in [0.717, 1.165) is 12.1 Å². The number of benzene rings is 1. The first kappa shape index (κ1) is 11.1. The van der Waals surface area contributed by atoms with Crippen LogP contribution in [0.5, 0.6) is 0 Å². The Bertz CT molecular complexity index is 470. The highest BCUT2D eigenvalue weighted by molar-refractivity contribution is 6.30. The van der Waals surface area contributed by atoms with Crippen molar-refractivity contribution in [3.8, 4) is 11.4 Å². The van der Waals surface area contributed by atoms with Crippen molar-refractivity contribution in [2.24, 2.45) is 0 Å². The maximum atomic E-state index is 5.89. The molecule has 0 atom stereocenters. The summed E-state index contributed by atoms with van der Waals surface area (Å²) in [6, 6.07) is 7.37. The molecule has 5 heteroatoms. The van der Waals surface area contributed by atoms with Crippen LogP contribution in [0, 0.1) is 0 Å². The lowest BCUT2D eigenvalue weighted by molar-refractivity contribution is 0.369. The zero-order valence-electron chi connectivity index (χ0n) is 8.90. The number of halogens is 1. The Morgan fingerprint density at radius 3 is 3.06 bits per heavy atom. The summed E-state index contributed by atoms with van der Waals surface area (Å²) in [6.07, 6.45) is 0. The topological polar surface area (TPSA) is 51.0 Å². The fraction of sp³-hybridized carbons (Fsp3) is 0.273. The summed E-state index contributed by atoms with van der Waals surface area (Å²) in [7, 11) is 0. The van der Waals surface area contributed by atoms with Gasteiger partial charge in [0.05, 0.1) is 6.54 Å². The molecule has 0 fully saturated rings. The molecular weight excluding hydrogens is 226 g/mol. The van der Waals surface area contributed by atoms with Crippen LogP contribution in [0.2, 0.25) is 5.02 Å². The lowest BCUT2D eigenvalue weighted by Gasteiger charge is -1.94. The van der Waals surface area contributed by atoms with Gasteiger partial charge in [-0.3, -0.25) is 0 Å². The molecule has 1 heterocycles. The van der Waals surface area contributed by atoms with Gasteiger partial charge < -0.3 is 9.84 Å². The zero-order valence-corrected chi connectivity index (χ0v) is 9.66. The molecule has 16 heavy (non-hydrogen) atoms. The number of nitrogens with one attached hydrogen (secondary N) is 1. The Balaban J connectivity index is 2.18. The van der Waals surface area contributed by atoms with E-state index in [9.17, 15) is 0 Å². The number of hydrogen-bond donors (Lipinski definition) is 1. The zero-order chi connectivity index (χ0) is 11.4. The Morgan fingerprint density at radius 2 is 2.31 bits per heavy atom. The molecule has 84 valence electrons. The third kappa shape index (κ3) is 2.59. The van der Waals surface area contributed by atoms with Crippen molar-refractivity contribution in [2.75, 3.05) is 6.54 Å². The van der Waals surface area contributed by atoms with Gasteiger partial charge in [0.15, 0.2) is 0 Å². The number of rotatable bonds is 4. The summed E-state index contributed by atoms with van der Waals surface area (Å²) in [5.41, 5.74) is 0.860. The van der Waals surface area contributed by atoms with Gasteiger partial charge in [-0.1, -0.05) is 35.8 Å². The molecule has 0 unspecified atom stereocenters. The first-order valence-corrected chi connectivity index (χ1v) is 5.46. The summed E-state index contributed by atoms with van der Waals surface area (Å²) in [6.45, 7) is 3.48. The number of nitrogens with zero attached hydrogens (tertiary/aromatic N) is 2. The Kier molecular flexibility index (Phi) is 3.54. The minimum atomic E-state index is 0.565. The third-order valence-electron chi connectivity index (χ3n) is 2.08. The Morgan fingerprint density at radius 1 is 1.44 bits per heavy atom. The van der Waals surface area contributed by atoms with Crippen LogP contribution in [-0.2, 0) is 6.54 Å². The van der Waals surface area contributed by atoms with Crippen LogP contribution in [0.3, 0.4) is 0 Å². The first-order chi connectivity index (χ1) is 7.79. The molecule has 2 rings (SSSR count). The molecule has 0 aliphatic heterocycles. The predicted molar refractivity (Wildman–Crippen MR) is 62.1 cm³/mol. The monoisotopic (exact) mass is 237 g/mol. The molecule has 0 radical (unpaired) electrons. The predicted octanol–water partition coefficient (Wildman–Crippen LogP) is 2.50. The standard InChI is InChI=1S/C11H12ClN3O/c1-2-13-7-10-14-11(15-16-10)8-4-3-5-9(12)6-8/h3-6,13H,2,7H2,1H3. The van der Waals surface area contributed by atoms with E-state index >= 15 is 0 Å². The SMILES string of the molecule is CCNCc1nc(-c2cccc(Cl)c2)no1. The summed E-state index contributed by atoms with van der Waals surface area (Å²) in [5.74, 6) is 1.15. The van der Waals surface area contributed by atoms with Gasteiger partial charge in [-0.15, -0.1) is 0 Å². The van der Waals surface area contributed by atoms with Crippen LogP contribution < -0.4 is 5.32 Å². The molecule has 0 saturated carbocycles. The normalized spacial score (nSPS) is 10.6. The third-order valence-corrected chi connectivity index (χ3v) is 2.31. The fourth-order valence-corrected chi connectivity index (χ4v) is 1.49. The van der Waals surface area contributed by atoms with E-state index in [1.54, 1.807) is 0 Å². The molecule has 4 nitrogen and oxygen atoms in total. The van der Waals surface area contributed by atoms with Gasteiger partial charge in [0.25, 0.3) is 0 Å². The molecule has 0 aliphatic rings. The largest absolute Gasteiger partial charge is 0.338 e. The van der Waals surface area contributed by atoms with E-state index in [2.05, 4.69) is 15.5 Å². The smallest absolute Gasteiger partial charge is 0.240 e. The molecule has 1 aromatic heterocycles. The van der Waals surface area contributed by atoms with Crippen molar-refractivity contribution >= 4 is 11.6 Å². The minimum Gasteiger partial charge on any atom is -0.338 e. The second-order valence-electron chi connectivity index (χ2n) is 3.30. The second kappa shape index (κ2) is 5.09. The van der Waals surface area contributed by atoms with Crippen LogP contribution >= 0.6 is 11.6 Å². The molecule has 1 aromatic carbocycles. The van der Waals surface area contributed by atoms with Crippen molar-refractivity contribution < 1.29 is 4.52 Å². The van der Waals surface area contributed by atoms with Crippen molar-refractivity contribution in [1.29, 1.82) is 0 Å². The highest BCUT2D eigenvalue weighted by Crippen LogP contribution is 2.19.